The quantitative estimate of drug-likeness (QED) is 0.733. The molecule has 3 heterocycles. The Morgan fingerprint density at radius 1 is 1.21 bits per heavy atom. The molecule has 0 spiro atoms. The predicted octanol–water partition coefficient (Wildman–Crippen LogP) is 2.83. The average Bonchev–Trinajstić information content (AvgIpc) is 3.22. The first-order valence-electron chi connectivity index (χ1n) is 10.7. The maximum absolute atomic E-state index is 12.8. The van der Waals surface area contributed by atoms with Gasteiger partial charge in [0.05, 0.1) is 12.6 Å². The number of amides is 1. The van der Waals surface area contributed by atoms with Gasteiger partial charge in [-0.15, -0.1) is 0 Å². The monoisotopic (exact) mass is 393 g/mol. The zero-order valence-electron chi connectivity index (χ0n) is 17.5. The Morgan fingerprint density at radius 2 is 1.97 bits per heavy atom. The van der Waals surface area contributed by atoms with Crippen LogP contribution in [0.3, 0.4) is 0 Å². The van der Waals surface area contributed by atoms with Gasteiger partial charge in [-0.3, -0.25) is 14.7 Å². The molecule has 2 saturated heterocycles. The van der Waals surface area contributed by atoms with Gasteiger partial charge in [0.25, 0.3) is 0 Å². The molecule has 0 bridgehead atoms. The summed E-state index contributed by atoms with van der Waals surface area (Å²) in [5.74, 6) is 1.27. The van der Waals surface area contributed by atoms with Gasteiger partial charge in [-0.2, -0.15) is 0 Å². The van der Waals surface area contributed by atoms with Crippen LogP contribution in [0, 0.1) is 0 Å². The second-order valence-electron chi connectivity index (χ2n) is 8.21. The van der Waals surface area contributed by atoms with Gasteiger partial charge >= 0.3 is 0 Å². The van der Waals surface area contributed by atoms with E-state index in [0.717, 1.165) is 51.1 Å². The van der Waals surface area contributed by atoms with E-state index in [0.29, 0.717) is 12.6 Å². The number of nitrogens with zero attached hydrogens (tertiary/aromatic N) is 5. The van der Waals surface area contributed by atoms with Crippen molar-refractivity contribution in [3.8, 4) is 0 Å². The molecule has 0 radical (unpaired) electrons. The Labute approximate surface area is 173 Å². The predicted molar refractivity (Wildman–Crippen MR) is 119 cm³/mol. The van der Waals surface area contributed by atoms with Gasteiger partial charge in [-0.1, -0.05) is 24.3 Å². The van der Waals surface area contributed by atoms with Crippen LogP contribution in [0.2, 0.25) is 0 Å². The molecule has 0 saturated carbocycles. The van der Waals surface area contributed by atoms with E-state index in [-0.39, 0.29) is 11.9 Å². The molecule has 0 aliphatic carbocycles. The molecule has 2 fully saturated rings. The van der Waals surface area contributed by atoms with Crippen molar-refractivity contribution in [2.24, 2.45) is 4.99 Å². The smallest absolute Gasteiger partial charge is 0.237 e. The zero-order chi connectivity index (χ0) is 20.2. The summed E-state index contributed by atoms with van der Waals surface area (Å²) in [5.41, 5.74) is 0. The fourth-order valence-electron chi connectivity index (χ4n) is 4.63. The molecule has 29 heavy (non-hydrogen) atoms. The van der Waals surface area contributed by atoms with Crippen molar-refractivity contribution >= 4 is 28.7 Å². The molecule has 154 valence electrons. The van der Waals surface area contributed by atoms with Crippen molar-refractivity contribution in [1.82, 2.24) is 14.8 Å². The third-order valence-corrected chi connectivity index (χ3v) is 6.38. The summed E-state index contributed by atoms with van der Waals surface area (Å²) < 4.78 is 0. The van der Waals surface area contributed by atoms with Gasteiger partial charge in [0.2, 0.25) is 5.91 Å². The molecule has 1 aromatic heterocycles. The van der Waals surface area contributed by atoms with Crippen molar-refractivity contribution in [2.75, 3.05) is 45.2 Å². The highest BCUT2D eigenvalue weighted by molar-refractivity contribution is 5.84. The Morgan fingerprint density at radius 3 is 2.72 bits per heavy atom. The van der Waals surface area contributed by atoms with Gasteiger partial charge in [-0.05, 0) is 37.1 Å². The zero-order valence-corrected chi connectivity index (χ0v) is 17.5. The van der Waals surface area contributed by atoms with E-state index in [2.05, 4.69) is 51.1 Å². The fourth-order valence-corrected chi connectivity index (χ4v) is 4.63. The Balaban J connectivity index is 1.32. The number of hydrogen-bond donors (Lipinski definition) is 0. The molecule has 2 aromatic rings. The number of carbonyl (C=O) groups excluding carboxylic acids is 1. The van der Waals surface area contributed by atoms with Crippen molar-refractivity contribution in [1.29, 1.82) is 0 Å². The molecule has 4 rings (SSSR count). The summed E-state index contributed by atoms with van der Waals surface area (Å²) in [4.78, 5) is 28.2. The Kier molecular flexibility index (Phi) is 6.09. The van der Waals surface area contributed by atoms with Crippen LogP contribution in [0.15, 0.2) is 41.5 Å². The van der Waals surface area contributed by atoms with E-state index < -0.39 is 0 Å². The number of benzene rings is 1. The van der Waals surface area contributed by atoms with E-state index in [4.69, 9.17) is 0 Å². The molecule has 0 N–H and O–H groups in total. The minimum absolute atomic E-state index is 0.190. The Bertz CT molecular complexity index is 874. The molecular weight excluding hydrogens is 362 g/mol. The highest BCUT2D eigenvalue weighted by Crippen LogP contribution is 2.24. The first-order chi connectivity index (χ1) is 14.2. The first-order valence-corrected chi connectivity index (χ1v) is 10.7. The van der Waals surface area contributed by atoms with Gasteiger partial charge in [0, 0.05) is 57.6 Å². The van der Waals surface area contributed by atoms with Crippen LogP contribution in [0.4, 0.5) is 5.82 Å². The third-order valence-electron chi connectivity index (χ3n) is 6.38. The molecule has 1 amide bonds. The summed E-state index contributed by atoms with van der Waals surface area (Å²) in [6.45, 7) is 3.30. The average molecular weight is 394 g/mol. The summed E-state index contributed by atoms with van der Waals surface area (Å²) in [6.07, 6.45) is 8.10. The van der Waals surface area contributed by atoms with Crippen molar-refractivity contribution < 1.29 is 4.79 Å². The number of likely N-dealkylation sites (tertiary alicyclic amines) is 2. The first kappa shape index (κ1) is 19.8. The number of piperidine rings is 1. The summed E-state index contributed by atoms with van der Waals surface area (Å²) in [7, 11) is 3.92. The number of aromatic nitrogens is 1. The highest BCUT2D eigenvalue weighted by Gasteiger charge is 2.30. The van der Waals surface area contributed by atoms with Gasteiger partial charge in [0.15, 0.2) is 0 Å². The Hall–Kier alpha value is -2.47. The summed E-state index contributed by atoms with van der Waals surface area (Å²) in [5, 5.41) is 2.40. The number of hydrogen-bond acceptors (Lipinski definition) is 5. The molecule has 2 aliphatic rings. The lowest BCUT2D eigenvalue weighted by molar-refractivity contribution is -0.132. The van der Waals surface area contributed by atoms with E-state index in [1.54, 1.807) is 7.05 Å². The van der Waals surface area contributed by atoms with Crippen molar-refractivity contribution in [3.63, 3.8) is 0 Å². The molecule has 0 unspecified atom stereocenters. The number of carbonyl (C=O) groups is 1. The number of pyridine rings is 1. The minimum atomic E-state index is 0.190. The second kappa shape index (κ2) is 8.91. The van der Waals surface area contributed by atoms with Crippen LogP contribution in [0.1, 0.15) is 25.7 Å². The van der Waals surface area contributed by atoms with Crippen LogP contribution in [-0.4, -0.2) is 79.3 Å². The number of rotatable bonds is 5. The van der Waals surface area contributed by atoms with Crippen LogP contribution in [-0.2, 0) is 4.79 Å². The lowest BCUT2D eigenvalue weighted by Crippen LogP contribution is -2.48. The number of anilines is 1. The van der Waals surface area contributed by atoms with Crippen LogP contribution >= 0.6 is 0 Å². The van der Waals surface area contributed by atoms with E-state index in [9.17, 15) is 4.79 Å². The lowest BCUT2D eigenvalue weighted by Gasteiger charge is -2.37. The fraction of sp³-hybridized carbons (Fsp3) is 0.522. The second-order valence-corrected chi connectivity index (χ2v) is 8.21. The van der Waals surface area contributed by atoms with E-state index in [1.807, 2.05) is 23.4 Å². The van der Waals surface area contributed by atoms with Crippen LogP contribution in [0.5, 0.6) is 0 Å². The molecule has 6 heteroatoms. The highest BCUT2D eigenvalue weighted by atomic mass is 16.2. The lowest BCUT2D eigenvalue weighted by atomic mass is 10.0. The van der Waals surface area contributed by atoms with Gasteiger partial charge in [-0.25, -0.2) is 4.98 Å². The SMILES string of the molecule is CN=C[C@@H]1CCCN1C(=O)CN1CCC(N(C)c2cc3ccccc3cn2)CC1. The molecule has 6 nitrogen and oxygen atoms in total. The standard InChI is InChI=1S/C23H31N5O/c1-24-16-21-8-5-11-28(21)23(29)17-27-12-9-20(10-13-27)26(2)22-14-18-6-3-4-7-19(18)15-25-22/h3-4,6-7,14-16,20-21H,5,8-13,17H2,1-2H3/t21-/m0/s1. The van der Waals surface area contributed by atoms with E-state index >= 15 is 0 Å². The van der Waals surface area contributed by atoms with Crippen LogP contribution < -0.4 is 4.90 Å². The third kappa shape index (κ3) is 4.42. The molecule has 2 aliphatic heterocycles. The largest absolute Gasteiger partial charge is 0.357 e. The maximum atomic E-state index is 12.8. The molecule has 1 atom stereocenters. The summed E-state index contributed by atoms with van der Waals surface area (Å²) >= 11 is 0. The number of fused-ring (bicyclic) bond motifs is 1. The topological polar surface area (TPSA) is 52.0 Å². The summed E-state index contributed by atoms with van der Waals surface area (Å²) in [6, 6.07) is 11.2. The normalized spacial score (nSPS) is 21.3. The molecular formula is C23H31N5O. The van der Waals surface area contributed by atoms with Crippen LogP contribution in [0.25, 0.3) is 10.8 Å². The molecule has 1 aromatic carbocycles. The number of aliphatic imine (C=N–C) groups is 1. The van der Waals surface area contributed by atoms with Crippen molar-refractivity contribution in [3.05, 3.63) is 36.5 Å². The van der Waals surface area contributed by atoms with Gasteiger partial charge < -0.3 is 9.80 Å². The maximum Gasteiger partial charge on any atom is 0.237 e. The van der Waals surface area contributed by atoms with E-state index in [1.165, 1.54) is 10.8 Å². The minimum Gasteiger partial charge on any atom is -0.357 e. The van der Waals surface area contributed by atoms with Gasteiger partial charge in [0.1, 0.15) is 5.82 Å². The van der Waals surface area contributed by atoms with Crippen molar-refractivity contribution in [2.45, 2.75) is 37.8 Å².